The maximum Gasteiger partial charge on any atom is 0.255 e. The fourth-order valence-corrected chi connectivity index (χ4v) is 6.58. The Kier molecular flexibility index (Phi) is 8.73. The van der Waals surface area contributed by atoms with Crippen LogP contribution in [0.3, 0.4) is 0 Å². The lowest BCUT2D eigenvalue weighted by Crippen LogP contribution is -2.33. The van der Waals surface area contributed by atoms with Crippen molar-refractivity contribution in [2.24, 2.45) is 0 Å². The number of H-pyrrole nitrogens is 1. The molecule has 1 atom stereocenters. The van der Waals surface area contributed by atoms with Crippen molar-refractivity contribution < 1.29 is 18.7 Å². The van der Waals surface area contributed by atoms with E-state index < -0.39 is 5.82 Å². The van der Waals surface area contributed by atoms with Crippen molar-refractivity contribution in [1.29, 1.82) is 0 Å². The van der Waals surface area contributed by atoms with Crippen LogP contribution in [0.15, 0.2) is 72.8 Å². The van der Waals surface area contributed by atoms with Gasteiger partial charge in [0.05, 0.1) is 35.9 Å². The van der Waals surface area contributed by atoms with Crippen LogP contribution in [0.5, 0.6) is 5.88 Å². The van der Waals surface area contributed by atoms with Gasteiger partial charge in [0.25, 0.3) is 5.91 Å². The number of nitrogens with one attached hydrogen (secondary N) is 2. The molecule has 1 fully saturated rings. The first kappa shape index (κ1) is 32.1. The highest BCUT2D eigenvalue weighted by Gasteiger charge is 2.24. The number of halogens is 2. The molecule has 0 radical (unpaired) electrons. The van der Waals surface area contributed by atoms with Gasteiger partial charge in [-0.2, -0.15) is 15.4 Å². The van der Waals surface area contributed by atoms with E-state index in [0.29, 0.717) is 39.8 Å². The van der Waals surface area contributed by atoms with E-state index in [1.54, 1.807) is 24.3 Å². The molecule has 2 aliphatic rings. The van der Waals surface area contributed by atoms with E-state index in [1.807, 2.05) is 43.3 Å². The third kappa shape index (κ3) is 6.69. The molecule has 0 spiro atoms. The molecule has 0 saturated carbocycles. The van der Waals surface area contributed by atoms with E-state index in [0.717, 1.165) is 78.3 Å². The quantitative estimate of drug-likeness (QED) is 0.162. The van der Waals surface area contributed by atoms with E-state index in [4.69, 9.17) is 31.0 Å². The number of hydrogen-bond donors (Lipinski definition) is 2. The number of fused-ring (bicyclic) bond motifs is 2. The van der Waals surface area contributed by atoms with Crippen molar-refractivity contribution in [3.8, 4) is 5.88 Å². The summed E-state index contributed by atoms with van der Waals surface area (Å²) in [5.41, 5.74) is 7.66. The molecule has 0 bridgehead atoms. The Balaban J connectivity index is 0.964. The molecule has 8 rings (SSSR count). The van der Waals surface area contributed by atoms with E-state index in [2.05, 4.69) is 36.3 Å². The molecular formula is C37H34ClFN8O3. The van der Waals surface area contributed by atoms with Crippen molar-refractivity contribution in [2.45, 2.75) is 45.6 Å². The molecule has 2 aliphatic heterocycles. The molecule has 1 amide bonds. The summed E-state index contributed by atoms with van der Waals surface area (Å²) in [5.74, 6) is 0.759. The number of aryl methyl sites for hydroxylation is 1. The van der Waals surface area contributed by atoms with Crippen molar-refractivity contribution >= 4 is 50.8 Å². The minimum Gasteiger partial charge on any atom is -0.473 e. The number of imidazole rings is 1. The monoisotopic (exact) mass is 692 g/mol. The molecule has 50 heavy (non-hydrogen) atoms. The molecular weight excluding hydrogens is 659 g/mol. The summed E-state index contributed by atoms with van der Waals surface area (Å²) in [5, 5.41) is 14.3. The van der Waals surface area contributed by atoms with Crippen LogP contribution in [0.2, 0.25) is 5.02 Å². The number of aromatic amines is 1. The molecule has 3 aromatic carbocycles. The van der Waals surface area contributed by atoms with Gasteiger partial charge in [0.2, 0.25) is 5.88 Å². The third-order valence-electron chi connectivity index (χ3n) is 9.24. The number of amides is 1. The van der Waals surface area contributed by atoms with E-state index >= 15 is 0 Å². The first-order valence-corrected chi connectivity index (χ1v) is 16.9. The van der Waals surface area contributed by atoms with Gasteiger partial charge in [0.15, 0.2) is 0 Å². The van der Waals surface area contributed by atoms with Crippen LogP contribution in [0.4, 0.5) is 10.1 Å². The topological polar surface area (TPSA) is 123 Å². The van der Waals surface area contributed by atoms with Crippen molar-refractivity contribution in [3.63, 3.8) is 0 Å². The molecule has 11 nitrogen and oxygen atoms in total. The van der Waals surface area contributed by atoms with Crippen LogP contribution < -0.4 is 10.1 Å². The van der Waals surface area contributed by atoms with E-state index in [-0.39, 0.29) is 18.6 Å². The largest absolute Gasteiger partial charge is 0.473 e. The van der Waals surface area contributed by atoms with Gasteiger partial charge in [0.1, 0.15) is 29.3 Å². The van der Waals surface area contributed by atoms with Crippen LogP contribution in [0, 0.1) is 12.7 Å². The number of rotatable bonds is 10. The third-order valence-corrected chi connectivity index (χ3v) is 9.48. The maximum absolute atomic E-state index is 14.2. The van der Waals surface area contributed by atoms with E-state index in [1.165, 1.54) is 6.07 Å². The summed E-state index contributed by atoms with van der Waals surface area (Å²) in [6.45, 7) is 5.69. The molecule has 2 N–H and O–H groups in total. The maximum atomic E-state index is 14.2. The highest BCUT2D eigenvalue weighted by atomic mass is 35.5. The van der Waals surface area contributed by atoms with Crippen LogP contribution in [0.25, 0.3) is 27.6 Å². The molecule has 13 heteroatoms. The second-order valence-corrected chi connectivity index (χ2v) is 13.1. The normalized spacial score (nSPS) is 16.4. The predicted molar refractivity (Wildman–Crippen MR) is 189 cm³/mol. The van der Waals surface area contributed by atoms with Crippen molar-refractivity contribution in [3.05, 3.63) is 112 Å². The van der Waals surface area contributed by atoms with Crippen LogP contribution >= 0.6 is 11.6 Å². The fourth-order valence-electron chi connectivity index (χ4n) is 6.42. The highest BCUT2D eigenvalue weighted by Crippen LogP contribution is 2.28. The summed E-state index contributed by atoms with van der Waals surface area (Å²) in [7, 11) is 0. The second-order valence-electron chi connectivity index (χ2n) is 12.7. The van der Waals surface area contributed by atoms with Gasteiger partial charge in [-0.25, -0.2) is 14.4 Å². The van der Waals surface area contributed by atoms with Crippen LogP contribution in [-0.4, -0.2) is 66.6 Å². The highest BCUT2D eigenvalue weighted by molar-refractivity contribution is 6.30. The standard InChI is InChI=1S/C37H34ClFN8O3/c1-22-15-25(16-32-36(22)44-45-43-32)37(48)40-27-7-8-33-31(18-27)41-34(47(33)19-28-11-14-49-28)20-46-12-9-23(10-13-46)30-3-2-4-35(42-30)50-21-24-5-6-26(38)17-29(24)39/h2-9,15-18,28H,10-14,19-21H2,1H3,(H,40,48)(H,43,44,45)/t28-/m0/s1. The summed E-state index contributed by atoms with van der Waals surface area (Å²) in [6, 6.07) is 19.6. The van der Waals surface area contributed by atoms with Crippen LogP contribution in [-0.2, 0) is 24.4 Å². The summed E-state index contributed by atoms with van der Waals surface area (Å²) in [4.78, 5) is 25.3. The van der Waals surface area contributed by atoms with Gasteiger partial charge in [-0.1, -0.05) is 29.8 Å². The smallest absolute Gasteiger partial charge is 0.255 e. The number of carbonyl (C=O) groups excluding carboxylic acids is 1. The number of ether oxygens (including phenoxy) is 2. The average Bonchev–Trinajstić information content (AvgIpc) is 3.71. The number of aromatic nitrogens is 6. The summed E-state index contributed by atoms with van der Waals surface area (Å²) < 4.78 is 28.1. The molecule has 3 aromatic heterocycles. The van der Waals surface area contributed by atoms with Gasteiger partial charge in [-0.3, -0.25) is 9.69 Å². The number of nitrogens with zero attached hydrogens (tertiary/aromatic N) is 6. The second kappa shape index (κ2) is 13.6. The van der Waals surface area contributed by atoms with E-state index in [9.17, 15) is 9.18 Å². The van der Waals surface area contributed by atoms with Gasteiger partial charge in [-0.05, 0) is 79.4 Å². The minimum absolute atomic E-state index is 0.0622. The Morgan fingerprint density at radius 3 is 2.80 bits per heavy atom. The molecule has 5 heterocycles. The molecule has 6 aromatic rings. The summed E-state index contributed by atoms with van der Waals surface area (Å²) in [6.07, 6.45) is 4.18. The average molecular weight is 693 g/mol. The predicted octanol–water partition coefficient (Wildman–Crippen LogP) is 6.71. The summed E-state index contributed by atoms with van der Waals surface area (Å²) >= 11 is 5.87. The fraction of sp³-hybridized carbons (Fsp3) is 0.270. The SMILES string of the molecule is Cc1cc(C(=O)Nc2ccc3c(c2)nc(CN2CC=C(c4cccc(OCc5ccc(Cl)cc5F)n4)CC2)n3C[C@@H]2CCO2)cc2n[nH]nc12. The Morgan fingerprint density at radius 1 is 1.10 bits per heavy atom. The first-order valence-electron chi connectivity index (χ1n) is 16.5. The lowest BCUT2D eigenvalue weighted by molar-refractivity contribution is -0.0591. The van der Waals surface area contributed by atoms with Gasteiger partial charge < -0.3 is 19.4 Å². The minimum atomic E-state index is -0.405. The molecule has 0 aliphatic carbocycles. The molecule has 1 saturated heterocycles. The van der Waals surface area contributed by atoms with Gasteiger partial charge in [0, 0.05) is 47.6 Å². The number of pyridine rings is 1. The number of carbonyl (C=O) groups is 1. The van der Waals surface area contributed by atoms with Crippen molar-refractivity contribution in [1.82, 2.24) is 34.8 Å². The lowest BCUT2D eigenvalue weighted by Gasteiger charge is -2.29. The number of anilines is 1. The van der Waals surface area contributed by atoms with Gasteiger partial charge >= 0.3 is 0 Å². The molecule has 254 valence electrons. The Bertz CT molecular complexity index is 2260. The lowest BCUT2D eigenvalue weighted by atomic mass is 10.0. The zero-order chi connectivity index (χ0) is 34.2. The van der Waals surface area contributed by atoms with Gasteiger partial charge in [-0.15, -0.1) is 0 Å². The number of hydrogen-bond acceptors (Lipinski definition) is 8. The number of benzene rings is 3. The Labute approximate surface area is 292 Å². The van der Waals surface area contributed by atoms with Crippen LogP contribution in [0.1, 0.15) is 45.8 Å². The Hall–Kier alpha value is -5.17. The first-order chi connectivity index (χ1) is 24.4. The van der Waals surface area contributed by atoms with Crippen molar-refractivity contribution in [2.75, 3.05) is 25.0 Å². The zero-order valence-corrected chi connectivity index (χ0v) is 28.1. The Morgan fingerprint density at radius 2 is 2.00 bits per heavy atom. The zero-order valence-electron chi connectivity index (χ0n) is 27.3. The molecule has 0 unspecified atom stereocenters.